The van der Waals surface area contributed by atoms with Gasteiger partial charge in [-0.15, -0.1) is 0 Å². The fourth-order valence-corrected chi connectivity index (χ4v) is 2.69. The van der Waals surface area contributed by atoms with Crippen molar-refractivity contribution in [1.82, 2.24) is 9.80 Å². The zero-order valence-corrected chi connectivity index (χ0v) is 12.2. The highest BCUT2D eigenvalue weighted by atomic mass is 16.4. The highest BCUT2D eigenvalue weighted by Gasteiger charge is 2.43. The Morgan fingerprint density at radius 1 is 1.21 bits per heavy atom. The number of amides is 1. The van der Waals surface area contributed by atoms with Crippen LogP contribution in [0.4, 0.5) is 0 Å². The van der Waals surface area contributed by atoms with E-state index in [2.05, 4.69) is 17.0 Å². The van der Waals surface area contributed by atoms with Crippen LogP contribution in [0.1, 0.15) is 33.6 Å². The first-order valence-electron chi connectivity index (χ1n) is 7.05. The third-order valence-electron chi connectivity index (χ3n) is 4.32. The Kier molecular flexibility index (Phi) is 5.60. The molecular formula is C13H26N4O2. The van der Waals surface area contributed by atoms with Gasteiger partial charge >= 0.3 is 0 Å². The summed E-state index contributed by atoms with van der Waals surface area (Å²) in [6, 6.07) is 0. The molecule has 6 heteroatoms. The van der Waals surface area contributed by atoms with Gasteiger partial charge in [-0.3, -0.25) is 4.79 Å². The van der Waals surface area contributed by atoms with Gasteiger partial charge in [0.15, 0.2) is 5.84 Å². The lowest BCUT2D eigenvalue weighted by Crippen LogP contribution is -2.56. The summed E-state index contributed by atoms with van der Waals surface area (Å²) in [6.45, 7) is 10.2. The van der Waals surface area contributed by atoms with Gasteiger partial charge in [0.2, 0.25) is 5.91 Å². The summed E-state index contributed by atoms with van der Waals surface area (Å²) in [5, 5.41) is 12.0. The first kappa shape index (κ1) is 15.8. The molecule has 0 aliphatic carbocycles. The Bertz CT molecular complexity index is 332. The van der Waals surface area contributed by atoms with Crippen molar-refractivity contribution in [2.45, 2.75) is 33.6 Å². The molecule has 1 rings (SSSR count). The van der Waals surface area contributed by atoms with Crippen LogP contribution in [0.15, 0.2) is 5.16 Å². The molecule has 0 aromatic carbocycles. The zero-order chi connectivity index (χ0) is 14.5. The molecule has 0 atom stereocenters. The first-order chi connectivity index (χ1) is 9.05. The molecule has 1 fully saturated rings. The molecule has 0 spiro atoms. The number of piperazine rings is 1. The van der Waals surface area contributed by atoms with E-state index in [1.807, 2.05) is 18.7 Å². The molecule has 19 heavy (non-hydrogen) atoms. The number of hydrogen-bond donors (Lipinski definition) is 2. The Balaban J connectivity index is 2.84. The molecule has 1 heterocycles. The van der Waals surface area contributed by atoms with Crippen LogP contribution in [0.3, 0.4) is 0 Å². The standard InChI is InChI=1S/C13H26N4O2/c1-4-13(5-2,11(14)15-19)12(18)17-9-7-16(6-3)8-10-17/h19H,4-10H2,1-3H3,(H2,14,15). The third kappa shape index (κ3) is 3.00. The monoisotopic (exact) mass is 270 g/mol. The van der Waals surface area contributed by atoms with Crippen LogP contribution < -0.4 is 5.73 Å². The molecule has 1 aliphatic rings. The summed E-state index contributed by atoms with van der Waals surface area (Å²) in [4.78, 5) is 16.9. The molecule has 0 saturated carbocycles. The molecule has 3 N–H and O–H groups in total. The van der Waals surface area contributed by atoms with E-state index in [1.54, 1.807) is 0 Å². The minimum atomic E-state index is -0.858. The van der Waals surface area contributed by atoms with E-state index < -0.39 is 5.41 Å². The fourth-order valence-electron chi connectivity index (χ4n) is 2.69. The number of amidine groups is 1. The molecule has 1 saturated heterocycles. The highest BCUT2D eigenvalue weighted by molar-refractivity contribution is 6.06. The lowest BCUT2D eigenvalue weighted by atomic mass is 9.79. The molecule has 0 aromatic heterocycles. The van der Waals surface area contributed by atoms with Crippen molar-refractivity contribution in [3.63, 3.8) is 0 Å². The average Bonchev–Trinajstić information content (AvgIpc) is 2.48. The van der Waals surface area contributed by atoms with E-state index in [4.69, 9.17) is 10.9 Å². The van der Waals surface area contributed by atoms with Crippen LogP contribution >= 0.6 is 0 Å². The predicted octanol–water partition coefficient (Wildman–Crippen LogP) is 0.703. The smallest absolute Gasteiger partial charge is 0.236 e. The lowest BCUT2D eigenvalue weighted by Gasteiger charge is -2.39. The van der Waals surface area contributed by atoms with Gasteiger partial charge in [-0.25, -0.2) is 0 Å². The van der Waals surface area contributed by atoms with Gasteiger partial charge in [-0.2, -0.15) is 0 Å². The second kappa shape index (κ2) is 6.75. The summed E-state index contributed by atoms with van der Waals surface area (Å²) in [6.07, 6.45) is 1.10. The summed E-state index contributed by atoms with van der Waals surface area (Å²) in [7, 11) is 0. The van der Waals surface area contributed by atoms with Crippen LogP contribution in [0.5, 0.6) is 0 Å². The van der Waals surface area contributed by atoms with Gasteiger partial charge < -0.3 is 20.7 Å². The zero-order valence-electron chi connectivity index (χ0n) is 12.2. The number of oxime groups is 1. The molecule has 0 bridgehead atoms. The Morgan fingerprint density at radius 2 is 1.74 bits per heavy atom. The second-order valence-electron chi connectivity index (χ2n) is 5.00. The van der Waals surface area contributed by atoms with Crippen molar-refractivity contribution in [2.75, 3.05) is 32.7 Å². The highest BCUT2D eigenvalue weighted by Crippen LogP contribution is 2.30. The fraction of sp³-hybridized carbons (Fsp3) is 0.846. The first-order valence-corrected chi connectivity index (χ1v) is 7.05. The van der Waals surface area contributed by atoms with Gasteiger partial charge in [-0.1, -0.05) is 25.9 Å². The van der Waals surface area contributed by atoms with E-state index >= 15 is 0 Å². The predicted molar refractivity (Wildman–Crippen MR) is 75.1 cm³/mol. The molecule has 1 aliphatic heterocycles. The number of hydrogen-bond acceptors (Lipinski definition) is 4. The number of nitrogens with two attached hydrogens (primary N) is 1. The second-order valence-corrected chi connectivity index (χ2v) is 5.00. The maximum absolute atomic E-state index is 12.7. The van der Waals surface area contributed by atoms with Gasteiger partial charge in [0.05, 0.1) is 0 Å². The molecule has 0 radical (unpaired) electrons. The summed E-state index contributed by atoms with van der Waals surface area (Å²) < 4.78 is 0. The molecular weight excluding hydrogens is 244 g/mol. The average molecular weight is 270 g/mol. The Labute approximate surface area is 115 Å². The topological polar surface area (TPSA) is 82.2 Å². The lowest BCUT2D eigenvalue weighted by molar-refractivity contribution is -0.140. The Morgan fingerprint density at radius 3 is 2.11 bits per heavy atom. The van der Waals surface area contributed by atoms with Gasteiger partial charge in [0, 0.05) is 26.2 Å². The maximum atomic E-state index is 12.7. The molecule has 0 aromatic rings. The number of rotatable bonds is 5. The molecule has 6 nitrogen and oxygen atoms in total. The van der Waals surface area contributed by atoms with Crippen LogP contribution in [-0.4, -0.2) is 59.5 Å². The van der Waals surface area contributed by atoms with Gasteiger partial charge in [0.25, 0.3) is 0 Å². The minimum absolute atomic E-state index is 0.0106. The van der Waals surface area contributed by atoms with Crippen LogP contribution in [0, 0.1) is 5.41 Å². The van der Waals surface area contributed by atoms with Crippen LogP contribution in [0.2, 0.25) is 0 Å². The largest absolute Gasteiger partial charge is 0.409 e. The quantitative estimate of drug-likeness (QED) is 0.333. The number of carbonyl (C=O) groups excluding carboxylic acids is 1. The minimum Gasteiger partial charge on any atom is -0.409 e. The van der Waals surface area contributed by atoms with Crippen LogP contribution in [-0.2, 0) is 4.79 Å². The number of nitrogens with zero attached hydrogens (tertiary/aromatic N) is 3. The van der Waals surface area contributed by atoms with Crippen molar-refractivity contribution >= 4 is 11.7 Å². The maximum Gasteiger partial charge on any atom is 0.236 e. The normalized spacial score (nSPS) is 18.7. The van der Waals surface area contributed by atoms with E-state index in [9.17, 15) is 4.79 Å². The van der Waals surface area contributed by atoms with Gasteiger partial charge in [-0.05, 0) is 19.4 Å². The van der Waals surface area contributed by atoms with E-state index in [1.165, 1.54) is 0 Å². The van der Waals surface area contributed by atoms with Crippen molar-refractivity contribution in [3.8, 4) is 0 Å². The van der Waals surface area contributed by atoms with E-state index in [0.29, 0.717) is 25.9 Å². The molecule has 0 unspecified atom stereocenters. The summed E-state index contributed by atoms with van der Waals surface area (Å²) in [5.74, 6) is 0.0176. The third-order valence-corrected chi connectivity index (χ3v) is 4.32. The Hall–Kier alpha value is -1.30. The van der Waals surface area contributed by atoms with Gasteiger partial charge in [0.1, 0.15) is 5.41 Å². The molecule has 1 amide bonds. The van der Waals surface area contributed by atoms with Crippen molar-refractivity contribution in [1.29, 1.82) is 0 Å². The van der Waals surface area contributed by atoms with E-state index in [-0.39, 0.29) is 11.7 Å². The number of carbonyl (C=O) groups is 1. The number of likely N-dealkylation sites (N-methyl/N-ethyl adjacent to an activating group) is 1. The summed E-state index contributed by atoms with van der Waals surface area (Å²) >= 11 is 0. The van der Waals surface area contributed by atoms with Crippen LogP contribution in [0.25, 0.3) is 0 Å². The molecule has 110 valence electrons. The van der Waals surface area contributed by atoms with Crippen molar-refractivity contribution in [2.24, 2.45) is 16.3 Å². The summed E-state index contributed by atoms with van der Waals surface area (Å²) in [5.41, 5.74) is 4.92. The van der Waals surface area contributed by atoms with Crippen molar-refractivity contribution in [3.05, 3.63) is 0 Å². The van der Waals surface area contributed by atoms with E-state index in [0.717, 1.165) is 19.6 Å². The SMILES string of the molecule is CCN1CCN(C(=O)C(CC)(CC)C(N)=NO)CC1. The van der Waals surface area contributed by atoms with Crippen molar-refractivity contribution < 1.29 is 10.0 Å².